The van der Waals surface area contributed by atoms with Gasteiger partial charge in [0.1, 0.15) is 10.4 Å². The molecular formula is C20H13NO2S. The van der Waals surface area contributed by atoms with Crippen molar-refractivity contribution < 1.29 is 4.74 Å². The van der Waals surface area contributed by atoms with Crippen LogP contribution in [0, 0.1) is 0 Å². The topological polar surface area (TPSA) is 42.1 Å². The largest absolute Gasteiger partial charge is 0.495 e. The number of pyridine rings is 1. The van der Waals surface area contributed by atoms with E-state index >= 15 is 0 Å². The summed E-state index contributed by atoms with van der Waals surface area (Å²) in [5.41, 5.74) is 0.692. The van der Waals surface area contributed by atoms with Gasteiger partial charge in [-0.2, -0.15) is 0 Å². The maximum atomic E-state index is 12.7. The lowest BCUT2D eigenvalue weighted by Gasteiger charge is -2.07. The van der Waals surface area contributed by atoms with Crippen LogP contribution < -0.4 is 10.3 Å². The SMILES string of the molecule is COc1cccc2c1[nH]c(=O)c1sc3ccc4ccccc4c3c12. The number of hydrogen-bond acceptors (Lipinski definition) is 3. The lowest BCUT2D eigenvalue weighted by atomic mass is 10.0. The van der Waals surface area contributed by atoms with Crippen molar-refractivity contribution in [2.75, 3.05) is 7.11 Å². The number of fused-ring (bicyclic) bond motifs is 7. The number of aromatic amines is 1. The Balaban J connectivity index is 2.17. The van der Waals surface area contributed by atoms with Gasteiger partial charge in [0.05, 0.1) is 12.6 Å². The highest BCUT2D eigenvalue weighted by atomic mass is 32.1. The molecule has 0 unspecified atom stereocenters. The number of nitrogens with one attached hydrogen (secondary N) is 1. The molecule has 0 atom stereocenters. The summed E-state index contributed by atoms with van der Waals surface area (Å²) in [5.74, 6) is 0.686. The molecule has 24 heavy (non-hydrogen) atoms. The van der Waals surface area contributed by atoms with Crippen molar-refractivity contribution in [3.63, 3.8) is 0 Å². The lowest BCUT2D eigenvalue weighted by molar-refractivity contribution is 0.419. The first-order chi connectivity index (χ1) is 11.8. The van der Waals surface area contributed by atoms with Crippen molar-refractivity contribution in [3.8, 4) is 5.75 Å². The Morgan fingerprint density at radius 2 is 1.75 bits per heavy atom. The minimum atomic E-state index is -0.0627. The number of methoxy groups -OCH3 is 1. The van der Waals surface area contributed by atoms with Gasteiger partial charge in [-0.25, -0.2) is 0 Å². The number of hydrogen-bond donors (Lipinski definition) is 1. The molecule has 0 spiro atoms. The van der Waals surface area contributed by atoms with Gasteiger partial charge in [-0.15, -0.1) is 11.3 Å². The maximum absolute atomic E-state index is 12.7. The zero-order valence-corrected chi connectivity index (χ0v) is 13.7. The van der Waals surface area contributed by atoms with Crippen LogP contribution in [-0.4, -0.2) is 12.1 Å². The van der Waals surface area contributed by atoms with Crippen molar-refractivity contribution in [2.24, 2.45) is 0 Å². The van der Waals surface area contributed by atoms with Crippen molar-refractivity contribution >= 4 is 53.2 Å². The molecule has 4 heteroatoms. The molecule has 0 amide bonds. The van der Waals surface area contributed by atoms with Crippen LogP contribution in [0.3, 0.4) is 0 Å². The molecule has 0 saturated carbocycles. The molecule has 0 aliphatic heterocycles. The fourth-order valence-corrected chi connectivity index (χ4v) is 4.62. The first-order valence-corrected chi connectivity index (χ1v) is 8.52. The van der Waals surface area contributed by atoms with Gasteiger partial charge in [-0.3, -0.25) is 4.79 Å². The van der Waals surface area contributed by atoms with Crippen LogP contribution in [0.5, 0.6) is 5.75 Å². The number of H-pyrrole nitrogens is 1. The third-order valence-electron chi connectivity index (χ3n) is 4.54. The third-order valence-corrected chi connectivity index (χ3v) is 5.69. The fourth-order valence-electron chi connectivity index (χ4n) is 3.49. The standard InChI is InChI=1S/C20H13NO2S/c1-23-14-8-4-7-13-17-16-12-6-3-2-5-11(12)9-10-15(16)24-19(17)20(22)21-18(13)14/h2-10H,1H3,(H,21,22). The summed E-state index contributed by atoms with van der Waals surface area (Å²) in [5, 5.41) is 5.55. The van der Waals surface area contributed by atoms with E-state index in [1.54, 1.807) is 18.4 Å². The molecular weight excluding hydrogens is 318 g/mol. The van der Waals surface area contributed by atoms with Gasteiger partial charge in [0.25, 0.3) is 5.56 Å². The molecule has 0 saturated heterocycles. The molecule has 0 aliphatic carbocycles. The Morgan fingerprint density at radius 3 is 2.62 bits per heavy atom. The molecule has 0 fully saturated rings. The van der Waals surface area contributed by atoms with Gasteiger partial charge in [0, 0.05) is 20.9 Å². The minimum absolute atomic E-state index is 0.0627. The minimum Gasteiger partial charge on any atom is -0.495 e. The van der Waals surface area contributed by atoms with Crippen molar-refractivity contribution in [3.05, 3.63) is 65.0 Å². The van der Waals surface area contributed by atoms with E-state index in [1.807, 2.05) is 30.3 Å². The molecule has 2 aromatic heterocycles. The first-order valence-electron chi connectivity index (χ1n) is 7.71. The van der Waals surface area contributed by atoms with Gasteiger partial charge < -0.3 is 9.72 Å². The second kappa shape index (κ2) is 4.82. The summed E-state index contributed by atoms with van der Waals surface area (Å²) in [4.78, 5) is 15.7. The number of rotatable bonds is 1. The van der Waals surface area contributed by atoms with E-state index < -0.39 is 0 Å². The predicted molar refractivity (Wildman–Crippen MR) is 102 cm³/mol. The molecule has 0 radical (unpaired) electrons. The highest BCUT2D eigenvalue weighted by Gasteiger charge is 2.16. The van der Waals surface area contributed by atoms with Crippen molar-refractivity contribution in [1.29, 1.82) is 0 Å². The Hall–Kier alpha value is -2.85. The van der Waals surface area contributed by atoms with Crippen LogP contribution in [0.25, 0.3) is 41.8 Å². The van der Waals surface area contributed by atoms with E-state index in [0.29, 0.717) is 5.75 Å². The zero-order chi connectivity index (χ0) is 16.3. The normalized spacial score (nSPS) is 11.7. The van der Waals surface area contributed by atoms with E-state index in [4.69, 9.17) is 4.74 Å². The highest BCUT2D eigenvalue weighted by molar-refractivity contribution is 7.26. The lowest BCUT2D eigenvalue weighted by Crippen LogP contribution is -2.05. The highest BCUT2D eigenvalue weighted by Crippen LogP contribution is 2.41. The van der Waals surface area contributed by atoms with Gasteiger partial charge in [0.15, 0.2) is 0 Å². The molecule has 0 bridgehead atoms. The number of benzene rings is 3. The number of thiophene rings is 1. The van der Waals surface area contributed by atoms with Crippen LogP contribution in [0.1, 0.15) is 0 Å². The third kappa shape index (κ3) is 1.69. The van der Waals surface area contributed by atoms with E-state index in [9.17, 15) is 4.79 Å². The Morgan fingerprint density at radius 1 is 0.917 bits per heavy atom. The van der Waals surface area contributed by atoms with Crippen molar-refractivity contribution in [2.45, 2.75) is 0 Å². The second-order valence-electron chi connectivity index (χ2n) is 5.80. The fraction of sp³-hybridized carbons (Fsp3) is 0.0500. The van der Waals surface area contributed by atoms with Crippen LogP contribution >= 0.6 is 11.3 Å². The maximum Gasteiger partial charge on any atom is 0.266 e. The predicted octanol–water partition coefficient (Wildman–Crippen LogP) is 5.06. The monoisotopic (exact) mass is 331 g/mol. The Kier molecular flexibility index (Phi) is 2.73. The summed E-state index contributed by atoms with van der Waals surface area (Å²) < 4.78 is 7.34. The van der Waals surface area contributed by atoms with Crippen LogP contribution in [0.4, 0.5) is 0 Å². The number of aromatic nitrogens is 1. The van der Waals surface area contributed by atoms with Gasteiger partial charge >= 0.3 is 0 Å². The van der Waals surface area contributed by atoms with E-state index in [0.717, 1.165) is 31.1 Å². The quantitative estimate of drug-likeness (QED) is 0.466. The Bertz CT molecular complexity index is 1310. The molecule has 3 nitrogen and oxygen atoms in total. The molecule has 2 heterocycles. The summed E-state index contributed by atoms with van der Waals surface area (Å²) in [7, 11) is 1.62. The molecule has 5 aromatic rings. The summed E-state index contributed by atoms with van der Waals surface area (Å²) in [6, 6.07) is 18.4. The second-order valence-corrected chi connectivity index (χ2v) is 6.86. The first kappa shape index (κ1) is 13.6. The molecule has 3 aromatic carbocycles. The van der Waals surface area contributed by atoms with Crippen LogP contribution in [-0.2, 0) is 0 Å². The zero-order valence-electron chi connectivity index (χ0n) is 12.9. The van der Waals surface area contributed by atoms with Gasteiger partial charge in [-0.1, -0.05) is 42.5 Å². The molecule has 5 rings (SSSR count). The van der Waals surface area contributed by atoms with E-state index in [2.05, 4.69) is 29.2 Å². The molecule has 116 valence electrons. The van der Waals surface area contributed by atoms with Crippen LogP contribution in [0.2, 0.25) is 0 Å². The van der Waals surface area contributed by atoms with Gasteiger partial charge in [-0.05, 0) is 22.9 Å². The van der Waals surface area contributed by atoms with Gasteiger partial charge in [0.2, 0.25) is 0 Å². The molecule has 0 aliphatic rings. The van der Waals surface area contributed by atoms with E-state index in [-0.39, 0.29) is 5.56 Å². The molecule has 1 N–H and O–H groups in total. The summed E-state index contributed by atoms with van der Waals surface area (Å²) in [6.07, 6.45) is 0. The number of ether oxygens (including phenoxy) is 1. The van der Waals surface area contributed by atoms with E-state index in [1.165, 1.54) is 10.8 Å². The summed E-state index contributed by atoms with van der Waals surface area (Å²) in [6.45, 7) is 0. The average Bonchev–Trinajstić information content (AvgIpc) is 3.02. The van der Waals surface area contributed by atoms with Crippen LogP contribution in [0.15, 0.2) is 59.4 Å². The van der Waals surface area contributed by atoms with Crippen molar-refractivity contribution in [1.82, 2.24) is 4.98 Å². The summed E-state index contributed by atoms with van der Waals surface area (Å²) >= 11 is 1.55. The smallest absolute Gasteiger partial charge is 0.266 e. The number of para-hydroxylation sites is 1. The average molecular weight is 331 g/mol. The Labute approximate surface area is 141 Å².